The Kier molecular flexibility index (Phi) is 4.56. The number of nitrogens with two attached hydrogens (primary N) is 1. The third kappa shape index (κ3) is 4.00. The topological polar surface area (TPSA) is 92.5 Å². The van der Waals surface area contributed by atoms with Crippen LogP contribution in [-0.4, -0.2) is 44.9 Å². The minimum absolute atomic E-state index is 0.0729. The van der Waals surface area contributed by atoms with E-state index in [0.717, 1.165) is 0 Å². The molecule has 0 spiro atoms. The zero-order valence-electron chi connectivity index (χ0n) is 10.4. The van der Waals surface area contributed by atoms with Gasteiger partial charge in [-0.2, -0.15) is 0 Å². The Balaban J connectivity index is 1.88. The lowest BCUT2D eigenvalue weighted by Gasteiger charge is -2.31. The van der Waals surface area contributed by atoms with Crippen molar-refractivity contribution in [1.82, 2.24) is 9.62 Å². The van der Waals surface area contributed by atoms with E-state index in [0.29, 0.717) is 30.1 Å². The van der Waals surface area contributed by atoms with Crippen LogP contribution in [0.3, 0.4) is 0 Å². The Morgan fingerprint density at radius 3 is 2.68 bits per heavy atom. The summed E-state index contributed by atoms with van der Waals surface area (Å²) in [6, 6.07) is 3.24. The van der Waals surface area contributed by atoms with Crippen LogP contribution in [0.4, 0.5) is 0 Å². The van der Waals surface area contributed by atoms with Gasteiger partial charge in [-0.05, 0) is 24.3 Å². The molecule has 1 aromatic heterocycles. The molecule has 1 aromatic rings. The molecule has 2 rings (SSSR count). The molecule has 6 nitrogen and oxygen atoms in total. The van der Waals surface area contributed by atoms with Crippen molar-refractivity contribution in [3.8, 4) is 0 Å². The number of nitrogens with one attached hydrogen (secondary N) is 1. The Bertz CT molecular complexity index is 519. The Hall–Kier alpha value is -0.960. The molecule has 0 aromatic carbocycles. The van der Waals surface area contributed by atoms with Crippen LogP contribution in [0.15, 0.2) is 21.7 Å². The normalized spacial score (nSPS) is 18.5. The van der Waals surface area contributed by atoms with Crippen LogP contribution < -0.4 is 10.5 Å². The molecule has 1 amide bonds. The predicted molar refractivity (Wildman–Crippen MR) is 73.3 cm³/mol. The predicted octanol–water partition coefficient (Wildman–Crippen LogP) is -0.0239. The van der Waals surface area contributed by atoms with Gasteiger partial charge in [-0.3, -0.25) is 9.69 Å². The highest BCUT2D eigenvalue weighted by Crippen LogP contribution is 2.18. The smallest absolute Gasteiger partial charge is 0.250 e. The highest BCUT2D eigenvalue weighted by molar-refractivity contribution is 7.91. The molecule has 0 radical (unpaired) electrons. The number of carbonyl (C=O) groups excluding carboxylic acids is 1. The van der Waals surface area contributed by atoms with Crippen LogP contribution in [0.5, 0.6) is 0 Å². The summed E-state index contributed by atoms with van der Waals surface area (Å²) >= 11 is 1.21. The van der Waals surface area contributed by atoms with Crippen LogP contribution in [0.25, 0.3) is 0 Å². The monoisotopic (exact) mass is 303 g/mol. The number of primary amides is 1. The Morgan fingerprint density at radius 2 is 2.16 bits per heavy atom. The minimum Gasteiger partial charge on any atom is -0.369 e. The van der Waals surface area contributed by atoms with Gasteiger partial charge in [-0.15, -0.1) is 11.3 Å². The van der Waals surface area contributed by atoms with Crippen molar-refractivity contribution in [1.29, 1.82) is 0 Å². The molecule has 8 heteroatoms. The van der Waals surface area contributed by atoms with E-state index in [2.05, 4.69) is 4.72 Å². The highest BCUT2D eigenvalue weighted by Gasteiger charge is 2.25. The van der Waals surface area contributed by atoms with Gasteiger partial charge in [0.15, 0.2) is 0 Å². The van der Waals surface area contributed by atoms with E-state index in [1.807, 2.05) is 4.90 Å². The van der Waals surface area contributed by atoms with Crippen molar-refractivity contribution in [3.05, 3.63) is 17.5 Å². The number of piperidine rings is 1. The quantitative estimate of drug-likeness (QED) is 0.799. The molecule has 0 saturated carbocycles. The fraction of sp³-hybridized carbons (Fsp3) is 0.545. The number of hydrogen-bond acceptors (Lipinski definition) is 5. The van der Waals surface area contributed by atoms with E-state index in [-0.39, 0.29) is 18.5 Å². The summed E-state index contributed by atoms with van der Waals surface area (Å²) < 4.78 is 27.1. The standard InChI is InChI=1S/C11H17N3O3S2/c12-10(15)8-14-5-3-9(4-6-14)13-19(16,17)11-2-1-7-18-11/h1-2,7,9,13H,3-6,8H2,(H2,12,15). The first-order valence-corrected chi connectivity index (χ1v) is 8.40. The Morgan fingerprint density at radius 1 is 1.47 bits per heavy atom. The third-order valence-corrected chi connectivity index (χ3v) is 5.97. The van der Waals surface area contributed by atoms with Crippen LogP contribution in [0, 0.1) is 0 Å². The van der Waals surface area contributed by atoms with Crippen LogP contribution in [0.1, 0.15) is 12.8 Å². The lowest BCUT2D eigenvalue weighted by Crippen LogP contribution is -2.46. The number of hydrogen-bond donors (Lipinski definition) is 2. The van der Waals surface area contributed by atoms with Crippen molar-refractivity contribution < 1.29 is 13.2 Å². The van der Waals surface area contributed by atoms with Gasteiger partial charge in [-0.25, -0.2) is 13.1 Å². The molecule has 1 fully saturated rings. The van der Waals surface area contributed by atoms with Gasteiger partial charge >= 0.3 is 0 Å². The third-order valence-electron chi connectivity index (χ3n) is 3.05. The first-order valence-electron chi connectivity index (χ1n) is 6.04. The van der Waals surface area contributed by atoms with Gasteiger partial charge in [0.1, 0.15) is 4.21 Å². The van der Waals surface area contributed by atoms with Crippen molar-refractivity contribution in [3.63, 3.8) is 0 Å². The van der Waals surface area contributed by atoms with E-state index < -0.39 is 10.0 Å². The van der Waals surface area contributed by atoms with Crippen molar-refractivity contribution in [2.75, 3.05) is 19.6 Å². The van der Waals surface area contributed by atoms with Crippen molar-refractivity contribution in [2.24, 2.45) is 5.73 Å². The zero-order valence-corrected chi connectivity index (χ0v) is 12.0. The largest absolute Gasteiger partial charge is 0.369 e. The minimum atomic E-state index is -3.40. The van der Waals surface area contributed by atoms with E-state index in [1.165, 1.54) is 11.3 Å². The van der Waals surface area contributed by atoms with Gasteiger partial charge in [0.05, 0.1) is 6.54 Å². The fourth-order valence-corrected chi connectivity index (χ4v) is 4.44. The second-order valence-electron chi connectivity index (χ2n) is 4.57. The lowest BCUT2D eigenvalue weighted by atomic mass is 10.1. The zero-order chi connectivity index (χ0) is 13.9. The molecule has 3 N–H and O–H groups in total. The van der Waals surface area contributed by atoms with Crippen molar-refractivity contribution in [2.45, 2.75) is 23.1 Å². The average molecular weight is 303 g/mol. The summed E-state index contributed by atoms with van der Waals surface area (Å²) in [7, 11) is -3.40. The highest BCUT2D eigenvalue weighted by atomic mass is 32.2. The van der Waals surface area contributed by atoms with Crippen LogP contribution in [-0.2, 0) is 14.8 Å². The number of nitrogens with zero attached hydrogens (tertiary/aromatic N) is 1. The molecule has 1 aliphatic heterocycles. The summed E-state index contributed by atoms with van der Waals surface area (Å²) in [5.74, 6) is -0.349. The lowest BCUT2D eigenvalue weighted by molar-refractivity contribution is -0.119. The van der Waals surface area contributed by atoms with Crippen LogP contribution >= 0.6 is 11.3 Å². The molecule has 1 aliphatic rings. The van der Waals surface area contributed by atoms with E-state index in [9.17, 15) is 13.2 Å². The van der Waals surface area contributed by atoms with Gasteiger partial charge in [-0.1, -0.05) is 6.07 Å². The van der Waals surface area contributed by atoms with Crippen molar-refractivity contribution >= 4 is 27.3 Å². The summed E-state index contributed by atoms with van der Waals surface area (Å²) in [6.45, 7) is 1.60. The summed E-state index contributed by atoms with van der Waals surface area (Å²) in [6.07, 6.45) is 1.38. The number of carbonyl (C=O) groups is 1. The number of thiophene rings is 1. The number of rotatable bonds is 5. The second-order valence-corrected chi connectivity index (χ2v) is 7.46. The molecule has 0 aliphatic carbocycles. The second kappa shape index (κ2) is 6.00. The number of amides is 1. The maximum Gasteiger partial charge on any atom is 0.250 e. The number of likely N-dealkylation sites (tertiary alicyclic amines) is 1. The Labute approximate surface area is 116 Å². The maximum absolute atomic E-state index is 12.0. The summed E-state index contributed by atoms with van der Waals surface area (Å²) in [4.78, 5) is 12.7. The average Bonchev–Trinajstić information content (AvgIpc) is 2.85. The first kappa shape index (κ1) is 14.4. The molecule has 19 heavy (non-hydrogen) atoms. The maximum atomic E-state index is 12.0. The molecule has 0 unspecified atom stereocenters. The first-order chi connectivity index (χ1) is 8.97. The van der Waals surface area contributed by atoms with Gasteiger partial charge in [0, 0.05) is 19.1 Å². The van der Waals surface area contributed by atoms with Gasteiger partial charge in [0.25, 0.3) is 0 Å². The van der Waals surface area contributed by atoms with Gasteiger partial charge in [0.2, 0.25) is 15.9 Å². The van der Waals surface area contributed by atoms with Crippen LogP contribution in [0.2, 0.25) is 0 Å². The summed E-state index contributed by atoms with van der Waals surface area (Å²) in [5.41, 5.74) is 5.13. The molecule has 1 saturated heterocycles. The molecular weight excluding hydrogens is 286 g/mol. The molecule has 106 valence electrons. The number of sulfonamides is 1. The molecule has 0 bridgehead atoms. The van der Waals surface area contributed by atoms with E-state index in [1.54, 1.807) is 17.5 Å². The SMILES string of the molecule is NC(=O)CN1CCC(NS(=O)(=O)c2cccs2)CC1. The molecule has 2 heterocycles. The molecular formula is C11H17N3O3S2. The molecule has 0 atom stereocenters. The van der Waals surface area contributed by atoms with Gasteiger partial charge < -0.3 is 5.73 Å². The summed E-state index contributed by atoms with van der Waals surface area (Å²) in [5, 5.41) is 1.74. The fourth-order valence-electron chi connectivity index (χ4n) is 2.12. The van der Waals surface area contributed by atoms with E-state index >= 15 is 0 Å². The van der Waals surface area contributed by atoms with E-state index in [4.69, 9.17) is 5.73 Å².